The van der Waals surface area contributed by atoms with Gasteiger partial charge in [0, 0.05) is 17.1 Å². The maximum Gasteiger partial charge on any atom is 0.261 e. The van der Waals surface area contributed by atoms with Gasteiger partial charge in [-0.15, -0.1) is 0 Å². The molecule has 1 amide bonds. The summed E-state index contributed by atoms with van der Waals surface area (Å²) in [6, 6.07) is 3.11. The summed E-state index contributed by atoms with van der Waals surface area (Å²) in [4.78, 5) is 11.5. The fourth-order valence-corrected chi connectivity index (χ4v) is 2.30. The van der Waals surface area contributed by atoms with E-state index in [1.165, 1.54) is 6.07 Å². The number of hydrogen-bond donors (Lipinski definition) is 1. The number of halogens is 2. The summed E-state index contributed by atoms with van der Waals surface area (Å²) in [6.45, 7) is 8.00. The lowest BCUT2D eigenvalue weighted by Gasteiger charge is -2.26. The van der Waals surface area contributed by atoms with Crippen LogP contribution in [0, 0.1) is 17.2 Å². The summed E-state index contributed by atoms with van der Waals surface area (Å²) >= 11 is 0. The topological polar surface area (TPSA) is 63.2 Å². The van der Waals surface area contributed by atoms with Crippen molar-refractivity contribution in [2.75, 3.05) is 5.32 Å². The molecule has 118 valence electrons. The SMILES string of the molecule is CC(CC(=O)Nc1ccc(S(=O)(=O)Cl)cc1F)C(C)(C)C. The van der Waals surface area contributed by atoms with E-state index in [4.69, 9.17) is 10.7 Å². The minimum atomic E-state index is -3.99. The summed E-state index contributed by atoms with van der Waals surface area (Å²) < 4.78 is 35.9. The average Bonchev–Trinajstić information content (AvgIpc) is 2.29. The first-order valence-electron chi connectivity index (χ1n) is 6.45. The highest BCUT2D eigenvalue weighted by Gasteiger charge is 2.23. The van der Waals surface area contributed by atoms with E-state index in [9.17, 15) is 17.6 Å². The molecule has 0 aliphatic rings. The van der Waals surface area contributed by atoms with Gasteiger partial charge in [-0.3, -0.25) is 4.79 Å². The highest BCUT2D eigenvalue weighted by Crippen LogP contribution is 2.28. The first-order chi connectivity index (χ1) is 9.41. The van der Waals surface area contributed by atoms with Crippen molar-refractivity contribution in [2.45, 2.75) is 39.0 Å². The van der Waals surface area contributed by atoms with Gasteiger partial charge in [0.05, 0.1) is 10.6 Å². The molecule has 0 aliphatic heterocycles. The number of hydrogen-bond acceptors (Lipinski definition) is 3. The highest BCUT2D eigenvalue weighted by atomic mass is 35.7. The number of anilines is 1. The fraction of sp³-hybridized carbons (Fsp3) is 0.500. The number of carbonyl (C=O) groups excluding carboxylic acids is 1. The van der Waals surface area contributed by atoms with Gasteiger partial charge in [-0.2, -0.15) is 0 Å². The fourth-order valence-electron chi connectivity index (χ4n) is 1.53. The molecule has 0 saturated heterocycles. The van der Waals surface area contributed by atoms with Gasteiger partial charge in [0.1, 0.15) is 5.82 Å². The summed E-state index contributed by atoms with van der Waals surface area (Å²) in [7, 11) is 1.14. The van der Waals surface area contributed by atoms with Crippen molar-refractivity contribution >= 4 is 31.3 Å². The van der Waals surface area contributed by atoms with Crippen LogP contribution in [0.3, 0.4) is 0 Å². The largest absolute Gasteiger partial charge is 0.324 e. The van der Waals surface area contributed by atoms with Crippen LogP contribution in [0.25, 0.3) is 0 Å². The van der Waals surface area contributed by atoms with Crippen LogP contribution in [0.2, 0.25) is 0 Å². The number of rotatable bonds is 4. The minimum absolute atomic E-state index is 0.0353. The number of carbonyl (C=O) groups is 1. The molecule has 7 heteroatoms. The van der Waals surface area contributed by atoms with E-state index in [1.54, 1.807) is 0 Å². The zero-order chi connectivity index (χ0) is 16.4. The number of benzene rings is 1. The highest BCUT2D eigenvalue weighted by molar-refractivity contribution is 8.13. The van der Waals surface area contributed by atoms with Gasteiger partial charge >= 0.3 is 0 Å². The number of amides is 1. The molecule has 1 N–H and O–H groups in total. The van der Waals surface area contributed by atoms with Gasteiger partial charge in [-0.25, -0.2) is 12.8 Å². The molecule has 1 unspecified atom stereocenters. The van der Waals surface area contributed by atoms with Gasteiger partial charge in [-0.05, 0) is 29.5 Å². The van der Waals surface area contributed by atoms with Crippen LogP contribution in [0.4, 0.5) is 10.1 Å². The van der Waals surface area contributed by atoms with Crippen LogP contribution < -0.4 is 5.32 Å². The van der Waals surface area contributed by atoms with E-state index in [1.807, 2.05) is 27.7 Å². The summed E-state index contributed by atoms with van der Waals surface area (Å²) in [6.07, 6.45) is 0.249. The second kappa shape index (κ2) is 6.32. The molecule has 1 atom stereocenters. The van der Waals surface area contributed by atoms with Crippen molar-refractivity contribution in [3.05, 3.63) is 24.0 Å². The molecule has 0 spiro atoms. The number of nitrogens with one attached hydrogen (secondary N) is 1. The predicted molar refractivity (Wildman–Crippen MR) is 81.3 cm³/mol. The minimum Gasteiger partial charge on any atom is -0.324 e. The van der Waals surface area contributed by atoms with Crippen LogP contribution >= 0.6 is 10.7 Å². The Labute approximate surface area is 129 Å². The van der Waals surface area contributed by atoms with Gasteiger partial charge in [-0.1, -0.05) is 27.7 Å². The van der Waals surface area contributed by atoms with Crippen LogP contribution in [0.5, 0.6) is 0 Å². The van der Waals surface area contributed by atoms with Gasteiger partial charge in [0.15, 0.2) is 0 Å². The van der Waals surface area contributed by atoms with Crippen molar-refractivity contribution in [1.82, 2.24) is 0 Å². The molecule has 0 bridgehead atoms. The third-order valence-electron chi connectivity index (χ3n) is 3.47. The van der Waals surface area contributed by atoms with Crippen LogP contribution in [-0.2, 0) is 13.8 Å². The maximum atomic E-state index is 13.8. The van der Waals surface area contributed by atoms with E-state index in [0.717, 1.165) is 12.1 Å². The van der Waals surface area contributed by atoms with Crippen LogP contribution in [-0.4, -0.2) is 14.3 Å². The molecule has 1 aromatic carbocycles. The van der Waals surface area contributed by atoms with E-state index in [2.05, 4.69) is 5.32 Å². The summed E-state index contributed by atoms with van der Waals surface area (Å²) in [5, 5.41) is 2.44. The second-order valence-electron chi connectivity index (χ2n) is 6.10. The van der Waals surface area contributed by atoms with Crippen LogP contribution in [0.1, 0.15) is 34.1 Å². The molecule has 21 heavy (non-hydrogen) atoms. The maximum absolute atomic E-state index is 13.8. The Morgan fingerprint density at radius 3 is 2.38 bits per heavy atom. The normalized spacial score (nSPS) is 13.8. The Morgan fingerprint density at radius 2 is 1.95 bits per heavy atom. The van der Waals surface area contributed by atoms with E-state index in [0.29, 0.717) is 0 Å². The molecule has 1 rings (SSSR count). The Morgan fingerprint density at radius 1 is 1.38 bits per heavy atom. The lowest BCUT2D eigenvalue weighted by atomic mass is 9.80. The molecular formula is C14H19ClFNO3S. The van der Waals surface area contributed by atoms with Crippen molar-refractivity contribution in [3.63, 3.8) is 0 Å². The standard InChI is InChI=1S/C14H19ClFNO3S/c1-9(14(2,3)4)7-13(18)17-12-6-5-10(8-11(12)16)21(15,19)20/h5-6,8-9H,7H2,1-4H3,(H,17,18). The van der Waals surface area contributed by atoms with Gasteiger partial charge in [0.25, 0.3) is 9.05 Å². The molecule has 1 aromatic rings. The average molecular weight is 336 g/mol. The van der Waals surface area contributed by atoms with Crippen molar-refractivity contribution in [2.24, 2.45) is 11.3 Å². The van der Waals surface area contributed by atoms with Crippen molar-refractivity contribution < 1.29 is 17.6 Å². The lowest BCUT2D eigenvalue weighted by molar-refractivity contribution is -0.117. The molecule has 0 aromatic heterocycles. The molecule has 0 aliphatic carbocycles. The molecular weight excluding hydrogens is 317 g/mol. The molecule has 0 heterocycles. The Kier molecular flexibility index (Phi) is 5.39. The zero-order valence-electron chi connectivity index (χ0n) is 12.4. The Balaban J connectivity index is 2.83. The molecule has 0 saturated carbocycles. The molecule has 4 nitrogen and oxygen atoms in total. The van der Waals surface area contributed by atoms with Crippen LogP contribution in [0.15, 0.2) is 23.1 Å². The Bertz CT molecular complexity index is 638. The van der Waals surface area contributed by atoms with E-state index in [-0.39, 0.29) is 34.2 Å². The first-order valence-corrected chi connectivity index (χ1v) is 8.76. The first kappa shape index (κ1) is 17.9. The summed E-state index contributed by atoms with van der Waals surface area (Å²) in [5.74, 6) is -1.05. The quantitative estimate of drug-likeness (QED) is 0.852. The third kappa shape index (κ3) is 5.28. The van der Waals surface area contributed by atoms with Crippen molar-refractivity contribution in [1.29, 1.82) is 0 Å². The van der Waals surface area contributed by atoms with E-state index >= 15 is 0 Å². The van der Waals surface area contributed by atoms with Gasteiger partial charge < -0.3 is 5.32 Å². The third-order valence-corrected chi connectivity index (χ3v) is 4.82. The Hall–Kier alpha value is -1.14. The molecule has 0 radical (unpaired) electrons. The van der Waals surface area contributed by atoms with E-state index < -0.39 is 14.9 Å². The smallest absolute Gasteiger partial charge is 0.261 e. The second-order valence-corrected chi connectivity index (χ2v) is 8.66. The lowest BCUT2D eigenvalue weighted by Crippen LogP contribution is -2.24. The van der Waals surface area contributed by atoms with Crippen molar-refractivity contribution in [3.8, 4) is 0 Å². The summed E-state index contributed by atoms with van der Waals surface area (Å²) in [5.41, 5.74) is -0.0999. The molecule has 0 fully saturated rings. The zero-order valence-corrected chi connectivity index (χ0v) is 14.0. The van der Waals surface area contributed by atoms with Gasteiger partial charge in [0.2, 0.25) is 5.91 Å². The predicted octanol–water partition coefficient (Wildman–Crippen LogP) is 3.76. The monoisotopic (exact) mass is 335 g/mol.